The fourth-order valence-electron chi connectivity index (χ4n) is 2.87. The monoisotopic (exact) mass is 340 g/mol. The summed E-state index contributed by atoms with van der Waals surface area (Å²) in [6.07, 6.45) is 3.63. The van der Waals surface area contributed by atoms with E-state index in [1.807, 2.05) is 31.2 Å². The van der Waals surface area contributed by atoms with Gasteiger partial charge in [0, 0.05) is 44.0 Å². The number of ether oxygens (including phenoxy) is 1. The van der Waals surface area contributed by atoms with Crippen molar-refractivity contribution in [3.05, 3.63) is 53.9 Å². The average Bonchev–Trinajstić information content (AvgIpc) is 2.63. The second kappa shape index (κ2) is 7.03. The molecule has 0 saturated carbocycles. The van der Waals surface area contributed by atoms with E-state index in [0.717, 1.165) is 16.7 Å². The van der Waals surface area contributed by atoms with Gasteiger partial charge in [-0.05, 0) is 18.6 Å². The maximum Gasteiger partial charge on any atom is 0.329 e. The Morgan fingerprint density at radius 2 is 1.80 bits per heavy atom. The largest absolute Gasteiger partial charge is 0.480 e. The fourth-order valence-corrected chi connectivity index (χ4v) is 2.87. The van der Waals surface area contributed by atoms with E-state index in [4.69, 9.17) is 4.74 Å². The maximum atomic E-state index is 12.6. The highest BCUT2D eigenvalue weighted by Gasteiger charge is 2.41. The van der Waals surface area contributed by atoms with Crippen molar-refractivity contribution in [2.24, 2.45) is 0 Å². The molecule has 0 aliphatic carbocycles. The summed E-state index contributed by atoms with van der Waals surface area (Å²) in [6, 6.07) is 9.63. The molecule has 6 nitrogen and oxygen atoms in total. The first-order valence-corrected chi connectivity index (χ1v) is 8.16. The van der Waals surface area contributed by atoms with Gasteiger partial charge in [-0.1, -0.05) is 29.8 Å². The van der Waals surface area contributed by atoms with Crippen LogP contribution in [0.15, 0.2) is 42.7 Å². The summed E-state index contributed by atoms with van der Waals surface area (Å²) in [6.45, 7) is 2.63. The Morgan fingerprint density at radius 3 is 2.44 bits per heavy atom. The van der Waals surface area contributed by atoms with Gasteiger partial charge in [0.05, 0.1) is 5.56 Å². The first-order chi connectivity index (χ1) is 12.0. The van der Waals surface area contributed by atoms with Crippen LogP contribution in [0.25, 0.3) is 11.1 Å². The van der Waals surface area contributed by atoms with Crippen molar-refractivity contribution in [3.8, 4) is 11.1 Å². The van der Waals surface area contributed by atoms with Crippen molar-refractivity contribution in [3.63, 3.8) is 0 Å². The lowest BCUT2D eigenvalue weighted by Crippen LogP contribution is -2.57. The third-order valence-electron chi connectivity index (χ3n) is 4.49. The number of nitrogens with one attached hydrogen (secondary N) is 1. The van der Waals surface area contributed by atoms with Gasteiger partial charge in [-0.3, -0.25) is 9.78 Å². The Balaban J connectivity index is 1.83. The topological polar surface area (TPSA) is 88.5 Å². The van der Waals surface area contributed by atoms with Crippen molar-refractivity contribution in [1.29, 1.82) is 0 Å². The number of nitrogens with zero attached hydrogens (tertiary/aromatic N) is 1. The zero-order valence-electron chi connectivity index (χ0n) is 14.0. The minimum Gasteiger partial charge on any atom is -0.480 e. The molecule has 25 heavy (non-hydrogen) atoms. The summed E-state index contributed by atoms with van der Waals surface area (Å²) in [4.78, 5) is 28.4. The summed E-state index contributed by atoms with van der Waals surface area (Å²) < 4.78 is 5.22. The first kappa shape index (κ1) is 17.1. The molecule has 3 rings (SSSR count). The van der Waals surface area contributed by atoms with Gasteiger partial charge >= 0.3 is 5.97 Å². The molecular formula is C19H20N2O4. The van der Waals surface area contributed by atoms with Gasteiger partial charge in [0.25, 0.3) is 5.91 Å². The Bertz CT molecular complexity index is 780. The van der Waals surface area contributed by atoms with Crippen LogP contribution in [0.2, 0.25) is 0 Å². The first-order valence-electron chi connectivity index (χ1n) is 8.16. The number of amides is 1. The number of aryl methyl sites for hydroxylation is 1. The molecule has 1 fully saturated rings. The number of carboxylic acids is 1. The number of pyridine rings is 1. The predicted molar refractivity (Wildman–Crippen MR) is 92.3 cm³/mol. The number of hydrogen-bond acceptors (Lipinski definition) is 4. The number of carbonyl (C=O) groups excluding carboxylic acids is 1. The molecule has 1 amide bonds. The molecule has 1 aromatic heterocycles. The van der Waals surface area contributed by atoms with Crippen molar-refractivity contribution < 1.29 is 19.4 Å². The van der Waals surface area contributed by atoms with Crippen molar-refractivity contribution >= 4 is 11.9 Å². The van der Waals surface area contributed by atoms with E-state index < -0.39 is 17.4 Å². The van der Waals surface area contributed by atoms with Gasteiger partial charge < -0.3 is 15.2 Å². The Morgan fingerprint density at radius 1 is 1.12 bits per heavy atom. The molecule has 0 radical (unpaired) electrons. The number of hydrogen-bond donors (Lipinski definition) is 2. The molecule has 1 saturated heterocycles. The third-order valence-corrected chi connectivity index (χ3v) is 4.49. The summed E-state index contributed by atoms with van der Waals surface area (Å²) in [7, 11) is 0. The van der Waals surface area contributed by atoms with Gasteiger partial charge in [0.1, 0.15) is 5.54 Å². The molecule has 0 bridgehead atoms. The van der Waals surface area contributed by atoms with Gasteiger partial charge in [-0.15, -0.1) is 0 Å². The van der Waals surface area contributed by atoms with E-state index in [-0.39, 0.29) is 12.8 Å². The SMILES string of the molecule is Cc1ccc(-c2cncc(C(=O)NC3(C(=O)O)CCOCC3)c2)cc1. The van der Waals surface area contributed by atoms with Crippen LogP contribution < -0.4 is 5.32 Å². The van der Waals surface area contributed by atoms with Crippen LogP contribution >= 0.6 is 0 Å². The lowest BCUT2D eigenvalue weighted by molar-refractivity contribution is -0.148. The molecule has 2 aromatic rings. The van der Waals surface area contributed by atoms with Gasteiger partial charge in [-0.25, -0.2) is 4.79 Å². The molecule has 1 aromatic carbocycles. The molecular weight excluding hydrogens is 320 g/mol. The number of carboxylic acid groups (broad SMARTS) is 1. The third kappa shape index (κ3) is 3.69. The van der Waals surface area contributed by atoms with E-state index in [2.05, 4.69) is 10.3 Å². The predicted octanol–water partition coefficient (Wildman–Crippen LogP) is 2.42. The van der Waals surface area contributed by atoms with E-state index >= 15 is 0 Å². The van der Waals surface area contributed by atoms with E-state index in [1.54, 1.807) is 12.3 Å². The molecule has 1 aliphatic rings. The number of aliphatic carboxylic acids is 1. The summed E-state index contributed by atoms with van der Waals surface area (Å²) >= 11 is 0. The molecule has 1 aliphatic heterocycles. The van der Waals surface area contributed by atoms with E-state index in [0.29, 0.717) is 18.8 Å². The molecule has 0 spiro atoms. The highest BCUT2D eigenvalue weighted by Crippen LogP contribution is 2.23. The molecule has 2 heterocycles. The molecule has 0 unspecified atom stereocenters. The maximum absolute atomic E-state index is 12.6. The van der Waals surface area contributed by atoms with Crippen molar-refractivity contribution in [2.45, 2.75) is 25.3 Å². The lowest BCUT2D eigenvalue weighted by Gasteiger charge is -2.33. The number of benzene rings is 1. The van der Waals surface area contributed by atoms with Crippen molar-refractivity contribution in [2.75, 3.05) is 13.2 Å². The lowest BCUT2D eigenvalue weighted by atomic mass is 9.89. The van der Waals surface area contributed by atoms with Gasteiger partial charge in [0.15, 0.2) is 0 Å². The fraction of sp³-hybridized carbons (Fsp3) is 0.316. The zero-order chi connectivity index (χ0) is 17.9. The summed E-state index contributed by atoms with van der Waals surface area (Å²) in [5, 5.41) is 12.2. The van der Waals surface area contributed by atoms with Crippen molar-refractivity contribution in [1.82, 2.24) is 10.3 Å². The minimum absolute atomic E-state index is 0.249. The Kier molecular flexibility index (Phi) is 4.81. The molecule has 2 N–H and O–H groups in total. The van der Waals surface area contributed by atoms with Crippen LogP contribution in [0.4, 0.5) is 0 Å². The minimum atomic E-state index is -1.28. The molecule has 6 heteroatoms. The highest BCUT2D eigenvalue weighted by molar-refractivity contribution is 5.98. The average molecular weight is 340 g/mol. The van der Waals surface area contributed by atoms with Crippen LogP contribution in [0.1, 0.15) is 28.8 Å². The standard InChI is InChI=1S/C19H20N2O4/c1-13-2-4-14(5-3-13)15-10-16(12-20-11-15)17(22)21-19(18(23)24)6-8-25-9-7-19/h2-5,10-12H,6-9H2,1H3,(H,21,22)(H,23,24). The summed E-state index contributed by atoms with van der Waals surface area (Å²) in [5.74, 6) is -1.47. The van der Waals surface area contributed by atoms with Gasteiger partial charge in [-0.2, -0.15) is 0 Å². The Labute approximate surface area is 145 Å². The number of carbonyl (C=O) groups is 2. The van der Waals surface area contributed by atoms with E-state index in [9.17, 15) is 14.7 Å². The van der Waals surface area contributed by atoms with Crippen LogP contribution in [-0.4, -0.2) is 40.7 Å². The van der Waals surface area contributed by atoms with Gasteiger partial charge in [0.2, 0.25) is 0 Å². The second-order valence-electron chi connectivity index (χ2n) is 6.28. The zero-order valence-corrected chi connectivity index (χ0v) is 14.0. The van der Waals surface area contributed by atoms with Crippen LogP contribution in [-0.2, 0) is 9.53 Å². The molecule has 0 atom stereocenters. The van der Waals surface area contributed by atoms with Crippen LogP contribution in [0.5, 0.6) is 0 Å². The smallest absolute Gasteiger partial charge is 0.329 e. The van der Waals surface area contributed by atoms with E-state index in [1.165, 1.54) is 6.20 Å². The Hall–Kier alpha value is -2.73. The normalized spacial score (nSPS) is 16.2. The van der Waals surface area contributed by atoms with Crippen LogP contribution in [0.3, 0.4) is 0 Å². The number of aromatic nitrogens is 1. The molecule has 130 valence electrons. The highest BCUT2D eigenvalue weighted by atomic mass is 16.5. The second-order valence-corrected chi connectivity index (χ2v) is 6.28. The quantitative estimate of drug-likeness (QED) is 0.892. The number of rotatable bonds is 4. The summed E-state index contributed by atoms with van der Waals surface area (Å²) in [5.41, 5.74) is 1.96. The van der Waals surface area contributed by atoms with Crippen LogP contribution in [0, 0.1) is 6.92 Å².